The summed E-state index contributed by atoms with van der Waals surface area (Å²) in [6.45, 7) is 3.11. The van der Waals surface area contributed by atoms with E-state index in [1.54, 1.807) is 6.20 Å². The van der Waals surface area contributed by atoms with E-state index in [0.29, 0.717) is 41.6 Å². The summed E-state index contributed by atoms with van der Waals surface area (Å²) >= 11 is 1.49. The van der Waals surface area contributed by atoms with Crippen LogP contribution >= 0.6 is 11.3 Å². The zero-order chi connectivity index (χ0) is 20.9. The van der Waals surface area contributed by atoms with E-state index in [2.05, 4.69) is 19.7 Å². The van der Waals surface area contributed by atoms with Crippen LogP contribution in [-0.4, -0.2) is 37.9 Å². The van der Waals surface area contributed by atoms with Crippen molar-refractivity contribution in [1.82, 2.24) is 24.7 Å². The van der Waals surface area contributed by atoms with E-state index in [9.17, 15) is 13.2 Å². The second-order valence-corrected chi connectivity index (χ2v) is 8.62. The van der Waals surface area contributed by atoms with Crippen molar-refractivity contribution in [2.45, 2.75) is 38.4 Å². The van der Waals surface area contributed by atoms with E-state index in [4.69, 9.17) is 9.72 Å². The second kappa shape index (κ2) is 7.28. The van der Waals surface area contributed by atoms with Gasteiger partial charge in [-0.25, -0.2) is 4.98 Å². The summed E-state index contributed by atoms with van der Waals surface area (Å²) in [5.74, 6) is 0.764. The van der Waals surface area contributed by atoms with Crippen molar-refractivity contribution in [3.05, 3.63) is 45.8 Å². The molecule has 5 rings (SSSR count). The lowest BCUT2D eigenvalue weighted by Crippen LogP contribution is -2.21. The number of nitrogens with zero attached hydrogens (tertiary/aromatic N) is 5. The van der Waals surface area contributed by atoms with Gasteiger partial charge in [0.15, 0.2) is 0 Å². The summed E-state index contributed by atoms with van der Waals surface area (Å²) in [5.41, 5.74) is 1.10. The number of aryl methyl sites for hydroxylation is 1. The zero-order valence-electron chi connectivity index (χ0n) is 16.1. The average Bonchev–Trinajstić information content (AvgIpc) is 3.30. The topological polar surface area (TPSA) is 65.7 Å². The smallest absolute Gasteiger partial charge is 0.381 e. The number of fused-ring (bicyclic) bond motifs is 3. The molecular weight excluding hydrogens is 415 g/mol. The summed E-state index contributed by atoms with van der Waals surface area (Å²) < 4.78 is 47.8. The Morgan fingerprint density at radius 3 is 2.67 bits per heavy atom. The van der Waals surface area contributed by atoms with Gasteiger partial charge >= 0.3 is 6.18 Å². The van der Waals surface area contributed by atoms with Crippen molar-refractivity contribution in [3.8, 4) is 0 Å². The van der Waals surface area contributed by atoms with Crippen LogP contribution in [0.4, 0.5) is 13.2 Å². The maximum absolute atomic E-state index is 13.4. The molecular formula is C20H18F3N5OS. The third-order valence-electron chi connectivity index (χ3n) is 5.35. The van der Waals surface area contributed by atoms with Crippen LogP contribution < -0.4 is 0 Å². The van der Waals surface area contributed by atoms with Crippen molar-refractivity contribution < 1.29 is 17.9 Å². The van der Waals surface area contributed by atoms with Gasteiger partial charge in [-0.15, -0.1) is 21.5 Å². The monoisotopic (exact) mass is 433 g/mol. The minimum absolute atomic E-state index is 0.0907. The maximum atomic E-state index is 13.4. The molecule has 0 aliphatic carbocycles. The fourth-order valence-corrected chi connectivity index (χ4v) is 4.71. The summed E-state index contributed by atoms with van der Waals surface area (Å²) in [4.78, 5) is 9.10. The molecule has 6 nitrogen and oxygen atoms in total. The van der Waals surface area contributed by atoms with Crippen LogP contribution in [0.25, 0.3) is 21.9 Å². The molecule has 1 saturated heterocycles. The number of imidazole rings is 1. The standard InChI is InChI=1S/C20H18F3N5OS/c1-11-26-27-18(30-11)9-17-25-16-10-24-15-3-2-12(20(21,22)23)8-14(15)19(16)28(17)13-4-6-29-7-5-13/h2-3,8,10,13H,4-7,9H2,1H3. The third kappa shape index (κ3) is 3.43. The van der Waals surface area contributed by atoms with Gasteiger partial charge in [-0.1, -0.05) is 0 Å². The fraction of sp³-hybridized carbons (Fsp3) is 0.400. The van der Waals surface area contributed by atoms with Crippen molar-refractivity contribution in [3.63, 3.8) is 0 Å². The first-order chi connectivity index (χ1) is 14.4. The first kappa shape index (κ1) is 19.4. The normalized spacial score (nSPS) is 16.0. The highest BCUT2D eigenvalue weighted by Crippen LogP contribution is 2.36. The highest BCUT2D eigenvalue weighted by Gasteiger charge is 2.31. The van der Waals surface area contributed by atoms with Crippen molar-refractivity contribution in [1.29, 1.82) is 0 Å². The molecule has 0 spiro atoms. The number of halogens is 3. The molecule has 156 valence electrons. The third-order valence-corrected chi connectivity index (χ3v) is 6.19. The number of ether oxygens (including phenoxy) is 1. The van der Waals surface area contributed by atoms with Crippen molar-refractivity contribution in [2.24, 2.45) is 0 Å². The van der Waals surface area contributed by atoms with Gasteiger partial charge < -0.3 is 9.30 Å². The predicted molar refractivity (Wildman–Crippen MR) is 107 cm³/mol. The Morgan fingerprint density at radius 2 is 1.97 bits per heavy atom. The van der Waals surface area contributed by atoms with Crippen LogP contribution in [0.1, 0.15) is 40.3 Å². The van der Waals surface area contributed by atoms with Crippen LogP contribution in [0, 0.1) is 6.92 Å². The van der Waals surface area contributed by atoms with Crippen LogP contribution in [0.3, 0.4) is 0 Å². The van der Waals surface area contributed by atoms with Crippen LogP contribution in [0.15, 0.2) is 24.4 Å². The molecule has 0 saturated carbocycles. The highest BCUT2D eigenvalue weighted by molar-refractivity contribution is 7.11. The second-order valence-electron chi connectivity index (χ2n) is 7.35. The van der Waals surface area contributed by atoms with Crippen LogP contribution in [0.2, 0.25) is 0 Å². The molecule has 30 heavy (non-hydrogen) atoms. The minimum Gasteiger partial charge on any atom is -0.381 e. The Hall–Kier alpha value is -2.59. The molecule has 0 radical (unpaired) electrons. The Kier molecular flexibility index (Phi) is 4.70. The molecule has 10 heteroatoms. The van der Waals surface area contributed by atoms with Gasteiger partial charge in [0.25, 0.3) is 0 Å². The molecule has 0 amide bonds. The summed E-state index contributed by atoms with van der Waals surface area (Å²) in [7, 11) is 0. The summed E-state index contributed by atoms with van der Waals surface area (Å²) in [6, 6.07) is 3.77. The van der Waals surface area contributed by atoms with Gasteiger partial charge in [0.2, 0.25) is 0 Å². The Balaban J connectivity index is 1.75. The van der Waals surface area contributed by atoms with Crippen LogP contribution in [-0.2, 0) is 17.3 Å². The molecule has 0 N–H and O–H groups in total. The highest BCUT2D eigenvalue weighted by atomic mass is 32.1. The number of benzene rings is 1. The number of hydrogen-bond acceptors (Lipinski definition) is 6. The van der Waals surface area contributed by atoms with Gasteiger partial charge in [-0.2, -0.15) is 13.2 Å². The van der Waals surface area contributed by atoms with Gasteiger partial charge in [-0.3, -0.25) is 4.98 Å². The summed E-state index contributed by atoms with van der Waals surface area (Å²) in [6.07, 6.45) is -0.771. The van der Waals surface area contributed by atoms with E-state index >= 15 is 0 Å². The zero-order valence-corrected chi connectivity index (χ0v) is 16.9. The van der Waals surface area contributed by atoms with Gasteiger partial charge in [0.05, 0.1) is 29.2 Å². The van der Waals surface area contributed by atoms with Gasteiger partial charge in [-0.05, 0) is 38.0 Å². The number of aromatic nitrogens is 5. The number of rotatable bonds is 3. The van der Waals surface area contributed by atoms with Gasteiger partial charge in [0.1, 0.15) is 21.4 Å². The molecule has 0 bridgehead atoms. The van der Waals surface area contributed by atoms with Crippen molar-refractivity contribution >= 4 is 33.3 Å². The van der Waals surface area contributed by atoms with Gasteiger partial charge in [0, 0.05) is 24.6 Å². The minimum atomic E-state index is -4.42. The lowest BCUT2D eigenvalue weighted by Gasteiger charge is -2.26. The average molecular weight is 433 g/mol. The molecule has 1 aliphatic rings. The molecule has 0 atom stereocenters. The lowest BCUT2D eigenvalue weighted by molar-refractivity contribution is -0.137. The quantitative estimate of drug-likeness (QED) is 0.468. The lowest BCUT2D eigenvalue weighted by atomic mass is 10.1. The molecule has 4 heterocycles. The molecule has 1 aromatic carbocycles. The predicted octanol–water partition coefficient (Wildman–Crippen LogP) is 4.71. The number of hydrogen-bond donors (Lipinski definition) is 0. The molecule has 0 unspecified atom stereocenters. The molecule has 1 aliphatic heterocycles. The number of alkyl halides is 3. The SMILES string of the molecule is Cc1nnc(Cc2nc3cnc4ccc(C(F)(F)F)cc4c3n2C2CCOCC2)s1. The van der Waals surface area contributed by atoms with E-state index in [0.717, 1.165) is 34.7 Å². The van der Waals surface area contributed by atoms with E-state index in [1.807, 2.05) is 6.92 Å². The molecule has 1 fully saturated rings. The molecule has 4 aromatic rings. The molecule has 3 aromatic heterocycles. The number of pyridine rings is 1. The van der Waals surface area contributed by atoms with E-state index < -0.39 is 11.7 Å². The Bertz CT molecular complexity index is 1230. The van der Waals surface area contributed by atoms with E-state index in [-0.39, 0.29) is 6.04 Å². The van der Waals surface area contributed by atoms with Crippen LogP contribution in [0.5, 0.6) is 0 Å². The largest absolute Gasteiger partial charge is 0.416 e. The Morgan fingerprint density at radius 1 is 1.17 bits per heavy atom. The first-order valence-corrected chi connectivity index (χ1v) is 10.5. The maximum Gasteiger partial charge on any atom is 0.416 e. The van der Waals surface area contributed by atoms with E-state index in [1.165, 1.54) is 23.5 Å². The van der Waals surface area contributed by atoms with Crippen molar-refractivity contribution in [2.75, 3.05) is 13.2 Å². The fourth-order valence-electron chi connectivity index (χ4n) is 4.01. The Labute approximate surface area is 173 Å². The summed E-state index contributed by atoms with van der Waals surface area (Å²) in [5, 5.41) is 10.4. The first-order valence-electron chi connectivity index (χ1n) is 9.63.